The number of hydrogen-bond acceptors (Lipinski definition) is 4. The van der Waals surface area contributed by atoms with E-state index in [1.807, 2.05) is 54.6 Å². The summed E-state index contributed by atoms with van der Waals surface area (Å²) in [6.45, 7) is 1.63. The number of anilines is 2. The topological polar surface area (TPSA) is 65.0 Å². The van der Waals surface area contributed by atoms with Crippen molar-refractivity contribution in [2.24, 2.45) is 0 Å². The van der Waals surface area contributed by atoms with Gasteiger partial charge >= 0.3 is 29.6 Å². The van der Waals surface area contributed by atoms with Gasteiger partial charge in [0, 0.05) is 22.2 Å². The third-order valence-corrected chi connectivity index (χ3v) is 4.63. The Morgan fingerprint density at radius 1 is 0.966 bits per heavy atom. The Morgan fingerprint density at radius 3 is 2.41 bits per heavy atom. The van der Waals surface area contributed by atoms with E-state index in [9.17, 15) is 14.3 Å². The van der Waals surface area contributed by atoms with E-state index in [1.54, 1.807) is 6.92 Å². The van der Waals surface area contributed by atoms with E-state index in [0.29, 0.717) is 16.9 Å². The standard InChI is InChI=1S/C23H17FN2O2.Na/c1-14-21(23(27)28)19-13-17(24)10-11-20(19)26-22(14)25-18-9-5-8-16(12-18)15-6-3-2-4-7-15;/h2-13H,1H3,(H,25,26)(H,27,28);/q;+1/p-1. The first kappa shape index (κ1) is 21.0. The van der Waals surface area contributed by atoms with Crippen molar-refractivity contribution in [3.05, 3.63) is 89.7 Å². The molecule has 0 bridgehead atoms. The maximum Gasteiger partial charge on any atom is 1.00 e. The van der Waals surface area contributed by atoms with Gasteiger partial charge in [-0.25, -0.2) is 9.37 Å². The third-order valence-electron chi connectivity index (χ3n) is 4.63. The second kappa shape index (κ2) is 8.74. The van der Waals surface area contributed by atoms with Gasteiger partial charge < -0.3 is 15.2 Å². The second-order valence-corrected chi connectivity index (χ2v) is 6.48. The van der Waals surface area contributed by atoms with Crippen LogP contribution in [-0.4, -0.2) is 11.0 Å². The first-order valence-electron chi connectivity index (χ1n) is 8.76. The molecule has 1 aromatic heterocycles. The van der Waals surface area contributed by atoms with Crippen LogP contribution < -0.4 is 40.0 Å². The Hall–Kier alpha value is -2.73. The number of carboxylic acid groups (broad SMARTS) is 1. The quantitative estimate of drug-likeness (QED) is 0.533. The number of aromatic carboxylic acids is 1. The summed E-state index contributed by atoms with van der Waals surface area (Å²) >= 11 is 0. The number of carboxylic acids is 1. The van der Waals surface area contributed by atoms with Crippen molar-refractivity contribution in [1.29, 1.82) is 0 Å². The summed E-state index contributed by atoms with van der Waals surface area (Å²) < 4.78 is 13.6. The van der Waals surface area contributed by atoms with E-state index < -0.39 is 11.8 Å². The van der Waals surface area contributed by atoms with E-state index >= 15 is 0 Å². The van der Waals surface area contributed by atoms with Crippen LogP contribution in [0.25, 0.3) is 22.0 Å². The van der Waals surface area contributed by atoms with Crippen molar-refractivity contribution < 1.29 is 43.8 Å². The van der Waals surface area contributed by atoms with Crippen molar-refractivity contribution in [2.45, 2.75) is 6.92 Å². The van der Waals surface area contributed by atoms with E-state index in [2.05, 4.69) is 10.3 Å². The Kier molecular flexibility index (Phi) is 6.33. The molecule has 0 atom stereocenters. The van der Waals surface area contributed by atoms with Crippen LogP contribution in [0.15, 0.2) is 72.8 Å². The van der Waals surface area contributed by atoms with Crippen LogP contribution in [0.5, 0.6) is 0 Å². The number of nitrogens with one attached hydrogen (secondary N) is 1. The van der Waals surface area contributed by atoms with Crippen molar-refractivity contribution in [1.82, 2.24) is 4.98 Å². The van der Waals surface area contributed by atoms with E-state index in [-0.39, 0.29) is 40.5 Å². The van der Waals surface area contributed by atoms with Gasteiger partial charge in [0.15, 0.2) is 0 Å². The fourth-order valence-electron chi connectivity index (χ4n) is 3.26. The largest absolute Gasteiger partial charge is 1.00 e. The summed E-state index contributed by atoms with van der Waals surface area (Å²) in [7, 11) is 0. The minimum absolute atomic E-state index is 0. The smallest absolute Gasteiger partial charge is 0.545 e. The fourth-order valence-corrected chi connectivity index (χ4v) is 3.26. The summed E-state index contributed by atoms with van der Waals surface area (Å²) in [6.07, 6.45) is 0. The normalized spacial score (nSPS) is 10.4. The van der Waals surface area contributed by atoms with E-state index in [1.165, 1.54) is 18.2 Å². The Labute approximate surface area is 189 Å². The maximum atomic E-state index is 13.6. The average molecular weight is 394 g/mol. The molecule has 0 aliphatic rings. The third kappa shape index (κ3) is 4.32. The molecule has 4 rings (SSSR count). The second-order valence-electron chi connectivity index (χ2n) is 6.48. The SMILES string of the molecule is Cc1c(Nc2cccc(-c3ccccc3)c2)nc2ccc(F)cc2c1C(=O)[O-].[Na+]. The number of nitrogens with zero attached hydrogens (tertiary/aromatic N) is 1. The van der Waals surface area contributed by atoms with Gasteiger partial charge in [-0.2, -0.15) is 0 Å². The molecule has 6 heteroatoms. The van der Waals surface area contributed by atoms with Crippen LogP contribution >= 0.6 is 0 Å². The van der Waals surface area contributed by atoms with Gasteiger partial charge in [0.05, 0.1) is 11.5 Å². The molecule has 0 radical (unpaired) electrons. The minimum Gasteiger partial charge on any atom is -0.545 e. The first-order valence-corrected chi connectivity index (χ1v) is 8.76. The van der Waals surface area contributed by atoms with Crippen LogP contribution in [0.1, 0.15) is 15.9 Å². The summed E-state index contributed by atoms with van der Waals surface area (Å²) in [5.74, 6) is -1.49. The minimum atomic E-state index is -1.36. The molecule has 0 saturated carbocycles. The molecule has 138 valence electrons. The van der Waals surface area contributed by atoms with E-state index in [4.69, 9.17) is 0 Å². The number of carbonyl (C=O) groups is 1. The molecular weight excluding hydrogens is 378 g/mol. The molecule has 29 heavy (non-hydrogen) atoms. The number of rotatable bonds is 4. The van der Waals surface area contributed by atoms with Crippen LogP contribution in [0.3, 0.4) is 0 Å². The Balaban J connectivity index is 0.00000240. The zero-order chi connectivity index (χ0) is 19.7. The summed E-state index contributed by atoms with van der Waals surface area (Å²) in [4.78, 5) is 16.2. The fraction of sp³-hybridized carbons (Fsp3) is 0.0435. The predicted molar refractivity (Wildman–Crippen MR) is 106 cm³/mol. The van der Waals surface area contributed by atoms with Gasteiger partial charge in [-0.1, -0.05) is 42.5 Å². The Bertz CT molecular complexity index is 1200. The van der Waals surface area contributed by atoms with Gasteiger partial charge in [0.1, 0.15) is 11.6 Å². The molecule has 1 heterocycles. The van der Waals surface area contributed by atoms with Gasteiger partial charge in [-0.05, 0) is 48.4 Å². The molecule has 4 aromatic rings. The Morgan fingerprint density at radius 2 is 1.69 bits per heavy atom. The molecule has 0 aliphatic carbocycles. The van der Waals surface area contributed by atoms with Crippen LogP contribution in [0.4, 0.5) is 15.9 Å². The van der Waals surface area contributed by atoms with Crippen LogP contribution in [0.2, 0.25) is 0 Å². The van der Waals surface area contributed by atoms with E-state index in [0.717, 1.165) is 16.8 Å². The number of halogens is 1. The zero-order valence-corrected chi connectivity index (χ0v) is 18.1. The summed E-state index contributed by atoms with van der Waals surface area (Å²) in [6, 6.07) is 21.6. The van der Waals surface area contributed by atoms with Crippen molar-refractivity contribution in [3.63, 3.8) is 0 Å². The zero-order valence-electron chi connectivity index (χ0n) is 16.1. The number of fused-ring (bicyclic) bond motifs is 1. The van der Waals surface area contributed by atoms with Gasteiger partial charge in [-0.3, -0.25) is 0 Å². The predicted octanol–water partition coefficient (Wildman–Crippen LogP) is 1.46. The van der Waals surface area contributed by atoms with Crippen LogP contribution in [0, 0.1) is 12.7 Å². The molecular formula is C23H16FN2NaO2. The molecule has 0 fully saturated rings. The maximum absolute atomic E-state index is 13.6. The molecule has 4 nitrogen and oxygen atoms in total. The van der Waals surface area contributed by atoms with Gasteiger partial charge in [0.2, 0.25) is 0 Å². The number of pyridine rings is 1. The first-order chi connectivity index (χ1) is 13.5. The molecule has 0 spiro atoms. The molecule has 0 aliphatic heterocycles. The number of benzene rings is 3. The number of aromatic nitrogens is 1. The number of carbonyl (C=O) groups excluding carboxylic acids is 1. The van der Waals surface area contributed by atoms with Crippen LogP contribution in [-0.2, 0) is 0 Å². The summed E-state index contributed by atoms with van der Waals surface area (Å²) in [5, 5.41) is 15.1. The van der Waals surface area contributed by atoms with Gasteiger partial charge in [-0.15, -0.1) is 0 Å². The average Bonchev–Trinajstić information content (AvgIpc) is 2.69. The molecule has 0 saturated heterocycles. The monoisotopic (exact) mass is 394 g/mol. The van der Waals surface area contributed by atoms with Crippen molar-refractivity contribution in [2.75, 3.05) is 5.32 Å². The molecule has 0 amide bonds. The van der Waals surface area contributed by atoms with Crippen molar-refractivity contribution in [3.8, 4) is 11.1 Å². The summed E-state index contributed by atoms with van der Waals surface area (Å²) in [5.41, 5.74) is 3.57. The molecule has 0 unspecified atom stereocenters. The number of hydrogen-bond donors (Lipinski definition) is 1. The van der Waals surface area contributed by atoms with Gasteiger partial charge in [0.25, 0.3) is 0 Å². The molecule has 1 N–H and O–H groups in total. The molecule has 3 aromatic carbocycles. The van der Waals surface area contributed by atoms with Crippen molar-refractivity contribution >= 4 is 28.4 Å².